The van der Waals surface area contributed by atoms with Crippen molar-refractivity contribution in [2.24, 2.45) is 5.73 Å². The van der Waals surface area contributed by atoms with Crippen LogP contribution in [0, 0.1) is 0 Å². The van der Waals surface area contributed by atoms with E-state index < -0.39 is 0 Å². The minimum Gasteiger partial charge on any atom is -0.338 e. The summed E-state index contributed by atoms with van der Waals surface area (Å²) in [7, 11) is 0. The Morgan fingerprint density at radius 1 is 1.36 bits per heavy atom. The predicted octanol–water partition coefficient (Wildman–Crippen LogP) is 1.17. The van der Waals surface area contributed by atoms with Gasteiger partial charge in [-0.2, -0.15) is 0 Å². The lowest BCUT2D eigenvalue weighted by molar-refractivity contribution is 0.200. The van der Waals surface area contributed by atoms with E-state index in [2.05, 4.69) is 12.2 Å². The van der Waals surface area contributed by atoms with Gasteiger partial charge in [-0.25, -0.2) is 4.79 Å². The third-order valence-electron chi connectivity index (χ3n) is 2.11. The topological polar surface area (TPSA) is 58.4 Å². The minimum atomic E-state index is 0.0365. The summed E-state index contributed by atoms with van der Waals surface area (Å²) in [4.78, 5) is 13.3. The van der Waals surface area contributed by atoms with Crippen LogP contribution in [0.3, 0.4) is 0 Å². The molecule has 0 aliphatic rings. The van der Waals surface area contributed by atoms with Gasteiger partial charge in [0.05, 0.1) is 0 Å². The normalized spacial score (nSPS) is 9.93. The molecule has 0 rings (SSSR count). The molecule has 0 fully saturated rings. The number of unbranched alkanes of at least 4 members (excludes halogenated alkanes) is 1. The van der Waals surface area contributed by atoms with Crippen molar-refractivity contribution in [3.8, 4) is 0 Å². The number of nitrogens with one attached hydrogen (secondary N) is 1. The van der Waals surface area contributed by atoms with E-state index in [0.717, 1.165) is 38.9 Å². The summed E-state index contributed by atoms with van der Waals surface area (Å²) < 4.78 is 0. The molecule has 0 saturated heterocycles. The molecule has 14 heavy (non-hydrogen) atoms. The lowest BCUT2D eigenvalue weighted by Crippen LogP contribution is -2.41. The summed E-state index contributed by atoms with van der Waals surface area (Å²) >= 11 is 0. The van der Waals surface area contributed by atoms with Crippen molar-refractivity contribution >= 4 is 6.03 Å². The van der Waals surface area contributed by atoms with Crippen molar-refractivity contribution in [2.75, 3.05) is 26.2 Å². The highest BCUT2D eigenvalue weighted by atomic mass is 16.2. The summed E-state index contributed by atoms with van der Waals surface area (Å²) in [5, 5.41) is 2.89. The fourth-order valence-electron chi connectivity index (χ4n) is 1.17. The molecular weight excluding hydrogens is 178 g/mol. The average Bonchev–Trinajstić information content (AvgIpc) is 2.19. The molecule has 4 heteroatoms. The highest BCUT2D eigenvalue weighted by Gasteiger charge is 2.08. The van der Waals surface area contributed by atoms with Crippen LogP contribution in [0.4, 0.5) is 4.79 Å². The number of nitrogens with two attached hydrogens (primary N) is 1. The van der Waals surface area contributed by atoms with Crippen LogP contribution in [0.1, 0.15) is 33.1 Å². The van der Waals surface area contributed by atoms with Gasteiger partial charge in [-0.15, -0.1) is 0 Å². The molecule has 0 radical (unpaired) electrons. The number of urea groups is 1. The van der Waals surface area contributed by atoms with Crippen molar-refractivity contribution in [3.05, 3.63) is 0 Å². The van der Waals surface area contributed by atoms with E-state index in [1.165, 1.54) is 0 Å². The van der Waals surface area contributed by atoms with E-state index >= 15 is 0 Å². The standard InChI is InChI=1S/C10H23N3O/c1-3-5-8-12-10(14)13(4-2)9-6-7-11/h3-9,11H2,1-2H3,(H,12,14). The van der Waals surface area contributed by atoms with Crippen molar-refractivity contribution in [1.82, 2.24) is 10.2 Å². The maximum atomic E-state index is 11.5. The highest BCUT2D eigenvalue weighted by Crippen LogP contribution is 1.92. The summed E-state index contributed by atoms with van der Waals surface area (Å²) in [6.45, 7) is 7.00. The van der Waals surface area contributed by atoms with Crippen molar-refractivity contribution in [1.29, 1.82) is 0 Å². The molecule has 0 heterocycles. The summed E-state index contributed by atoms with van der Waals surface area (Å²) in [5.41, 5.74) is 5.39. The number of rotatable bonds is 7. The Balaban J connectivity index is 3.67. The van der Waals surface area contributed by atoms with Crippen molar-refractivity contribution in [2.45, 2.75) is 33.1 Å². The molecule has 0 bridgehead atoms. The molecule has 84 valence electrons. The first-order chi connectivity index (χ1) is 6.76. The van der Waals surface area contributed by atoms with Gasteiger partial charge in [0.15, 0.2) is 0 Å². The number of nitrogens with zero attached hydrogens (tertiary/aromatic N) is 1. The molecule has 0 aromatic carbocycles. The van der Waals surface area contributed by atoms with Crippen LogP contribution in [0.25, 0.3) is 0 Å². The number of carbonyl (C=O) groups excluding carboxylic acids is 1. The van der Waals surface area contributed by atoms with Gasteiger partial charge >= 0.3 is 6.03 Å². The Morgan fingerprint density at radius 2 is 2.07 bits per heavy atom. The van der Waals surface area contributed by atoms with Gasteiger partial charge in [-0.05, 0) is 26.3 Å². The number of hydrogen-bond donors (Lipinski definition) is 2. The van der Waals surface area contributed by atoms with E-state index in [0.29, 0.717) is 6.54 Å². The van der Waals surface area contributed by atoms with Gasteiger partial charge in [-0.1, -0.05) is 13.3 Å². The SMILES string of the molecule is CCCCNC(=O)N(CC)CCCN. The third kappa shape index (κ3) is 5.80. The second kappa shape index (κ2) is 8.81. The zero-order valence-electron chi connectivity index (χ0n) is 9.38. The predicted molar refractivity (Wildman–Crippen MR) is 59.2 cm³/mol. The number of hydrogen-bond acceptors (Lipinski definition) is 2. The molecular formula is C10H23N3O. The van der Waals surface area contributed by atoms with E-state index in [-0.39, 0.29) is 6.03 Å². The lowest BCUT2D eigenvalue weighted by atomic mass is 10.3. The molecule has 4 nitrogen and oxygen atoms in total. The zero-order valence-corrected chi connectivity index (χ0v) is 9.38. The molecule has 0 aromatic rings. The van der Waals surface area contributed by atoms with Gasteiger partial charge < -0.3 is 16.0 Å². The lowest BCUT2D eigenvalue weighted by Gasteiger charge is -2.20. The third-order valence-corrected chi connectivity index (χ3v) is 2.11. The Hall–Kier alpha value is -0.770. The van der Waals surface area contributed by atoms with Gasteiger partial charge in [0, 0.05) is 19.6 Å². The largest absolute Gasteiger partial charge is 0.338 e. The second-order valence-electron chi connectivity index (χ2n) is 3.31. The van der Waals surface area contributed by atoms with Gasteiger partial charge in [-0.3, -0.25) is 0 Å². The zero-order chi connectivity index (χ0) is 10.8. The number of amides is 2. The first kappa shape index (κ1) is 13.2. The smallest absolute Gasteiger partial charge is 0.317 e. The Labute approximate surface area is 86.8 Å². The van der Waals surface area contributed by atoms with Gasteiger partial charge in [0.25, 0.3) is 0 Å². The molecule has 0 unspecified atom stereocenters. The fraction of sp³-hybridized carbons (Fsp3) is 0.900. The highest BCUT2D eigenvalue weighted by molar-refractivity contribution is 5.74. The number of carbonyl (C=O) groups is 1. The van der Waals surface area contributed by atoms with Gasteiger partial charge in [0.1, 0.15) is 0 Å². The van der Waals surface area contributed by atoms with Crippen LogP contribution in [-0.4, -0.2) is 37.1 Å². The van der Waals surface area contributed by atoms with Crippen LogP contribution >= 0.6 is 0 Å². The maximum absolute atomic E-state index is 11.5. The molecule has 0 saturated carbocycles. The molecule has 0 atom stereocenters. The van der Waals surface area contributed by atoms with Crippen molar-refractivity contribution in [3.63, 3.8) is 0 Å². The van der Waals surface area contributed by atoms with Crippen LogP contribution in [0.5, 0.6) is 0 Å². The average molecular weight is 201 g/mol. The van der Waals surface area contributed by atoms with E-state index in [4.69, 9.17) is 5.73 Å². The van der Waals surface area contributed by atoms with Crippen LogP contribution in [0.15, 0.2) is 0 Å². The van der Waals surface area contributed by atoms with Crippen LogP contribution in [-0.2, 0) is 0 Å². The summed E-state index contributed by atoms with van der Waals surface area (Å²) in [5.74, 6) is 0. The molecule has 2 amide bonds. The monoisotopic (exact) mass is 201 g/mol. The van der Waals surface area contributed by atoms with Crippen LogP contribution < -0.4 is 11.1 Å². The molecule has 0 spiro atoms. The first-order valence-corrected chi connectivity index (χ1v) is 5.49. The fourth-order valence-corrected chi connectivity index (χ4v) is 1.17. The minimum absolute atomic E-state index is 0.0365. The first-order valence-electron chi connectivity index (χ1n) is 5.49. The van der Waals surface area contributed by atoms with Gasteiger partial charge in [0.2, 0.25) is 0 Å². The Bertz CT molecular complexity index is 150. The van der Waals surface area contributed by atoms with E-state index in [9.17, 15) is 4.79 Å². The Morgan fingerprint density at radius 3 is 2.57 bits per heavy atom. The summed E-state index contributed by atoms with van der Waals surface area (Å²) in [6.07, 6.45) is 3.02. The van der Waals surface area contributed by atoms with Crippen LogP contribution in [0.2, 0.25) is 0 Å². The van der Waals surface area contributed by atoms with E-state index in [1.54, 1.807) is 4.90 Å². The second-order valence-corrected chi connectivity index (χ2v) is 3.31. The van der Waals surface area contributed by atoms with Crippen molar-refractivity contribution < 1.29 is 4.79 Å². The molecule has 3 N–H and O–H groups in total. The molecule has 0 aliphatic heterocycles. The molecule has 0 aromatic heterocycles. The maximum Gasteiger partial charge on any atom is 0.317 e. The van der Waals surface area contributed by atoms with E-state index in [1.807, 2.05) is 6.92 Å². The Kier molecular flexibility index (Phi) is 8.33. The quantitative estimate of drug-likeness (QED) is 0.607. The summed E-state index contributed by atoms with van der Waals surface area (Å²) in [6, 6.07) is 0.0365. The molecule has 0 aliphatic carbocycles.